The molecule has 6 nitrogen and oxygen atoms in total. The lowest BCUT2D eigenvalue weighted by molar-refractivity contribution is -0.115. The summed E-state index contributed by atoms with van der Waals surface area (Å²) >= 11 is 0. The molecule has 0 unspecified atom stereocenters. The molecule has 3 aromatic rings. The van der Waals surface area contributed by atoms with Gasteiger partial charge in [0.05, 0.1) is 12.7 Å². The van der Waals surface area contributed by atoms with Crippen molar-refractivity contribution in [3.63, 3.8) is 0 Å². The van der Waals surface area contributed by atoms with Crippen LogP contribution in [0, 0.1) is 0 Å². The molecule has 1 aliphatic heterocycles. The predicted octanol–water partition coefficient (Wildman–Crippen LogP) is 3.18. The number of hydrogen-bond acceptors (Lipinski definition) is 5. The molecule has 0 saturated heterocycles. The number of benzene rings is 2. The van der Waals surface area contributed by atoms with Crippen molar-refractivity contribution in [3.8, 4) is 0 Å². The van der Waals surface area contributed by atoms with Gasteiger partial charge in [-0.3, -0.25) is 4.79 Å². The molecule has 0 fully saturated rings. The van der Waals surface area contributed by atoms with Gasteiger partial charge >= 0.3 is 0 Å². The second kappa shape index (κ2) is 6.60. The van der Waals surface area contributed by atoms with Crippen molar-refractivity contribution < 1.29 is 4.79 Å². The van der Waals surface area contributed by atoms with Crippen LogP contribution in [-0.4, -0.2) is 22.4 Å². The number of para-hydroxylation sites is 1. The van der Waals surface area contributed by atoms with Crippen molar-refractivity contribution in [2.45, 2.75) is 6.54 Å². The summed E-state index contributed by atoms with van der Waals surface area (Å²) in [6, 6.07) is 19.8. The Labute approximate surface area is 145 Å². The molecule has 0 radical (unpaired) electrons. The smallest absolute Gasteiger partial charge is 0.244 e. The highest BCUT2D eigenvalue weighted by molar-refractivity contribution is 6.00. The molecule has 1 amide bonds. The normalized spacial score (nSPS) is 13.1. The van der Waals surface area contributed by atoms with E-state index in [9.17, 15) is 4.79 Å². The van der Waals surface area contributed by atoms with Crippen LogP contribution in [0.15, 0.2) is 66.9 Å². The zero-order valence-electron chi connectivity index (χ0n) is 13.5. The van der Waals surface area contributed by atoms with Crippen LogP contribution < -0.4 is 15.5 Å². The molecule has 0 bridgehead atoms. The summed E-state index contributed by atoms with van der Waals surface area (Å²) in [5.41, 5.74) is 2.67. The average molecular weight is 331 g/mol. The fraction of sp³-hybridized carbons (Fsp3) is 0.105. The van der Waals surface area contributed by atoms with E-state index in [0.717, 1.165) is 17.1 Å². The summed E-state index contributed by atoms with van der Waals surface area (Å²) in [5.74, 6) is 1.16. The Bertz CT molecular complexity index is 883. The second-order valence-electron chi connectivity index (χ2n) is 5.81. The molecular formula is C19H17N5O. The van der Waals surface area contributed by atoms with Crippen LogP contribution in [0.3, 0.4) is 0 Å². The zero-order valence-corrected chi connectivity index (χ0v) is 13.5. The molecule has 124 valence electrons. The standard InChI is InChI=1S/C19H17N5O/c25-17-13-24(12-14-7-3-1-4-8-14)18-16(22-17)11-20-19(23-18)21-15-9-5-2-6-10-15/h1-11H,12-13H2,(H,22,25)(H,20,21,23). The van der Waals surface area contributed by atoms with E-state index in [0.29, 0.717) is 18.2 Å². The maximum atomic E-state index is 12.0. The van der Waals surface area contributed by atoms with Crippen molar-refractivity contribution >= 4 is 29.0 Å². The van der Waals surface area contributed by atoms with E-state index in [2.05, 4.69) is 20.6 Å². The van der Waals surface area contributed by atoms with Gasteiger partial charge in [-0.05, 0) is 17.7 Å². The molecule has 2 aromatic carbocycles. The molecular weight excluding hydrogens is 314 g/mol. The summed E-state index contributed by atoms with van der Waals surface area (Å²) in [7, 11) is 0. The topological polar surface area (TPSA) is 70.2 Å². The number of fused-ring (bicyclic) bond motifs is 1. The minimum atomic E-state index is -0.0594. The Balaban J connectivity index is 1.63. The fourth-order valence-corrected chi connectivity index (χ4v) is 2.79. The number of carbonyl (C=O) groups is 1. The molecule has 1 aromatic heterocycles. The van der Waals surface area contributed by atoms with Gasteiger partial charge in [-0.1, -0.05) is 48.5 Å². The van der Waals surface area contributed by atoms with E-state index >= 15 is 0 Å². The molecule has 6 heteroatoms. The SMILES string of the molecule is O=C1CN(Cc2ccccc2)c2nc(Nc3ccccc3)ncc2N1. The van der Waals surface area contributed by atoms with Gasteiger partial charge in [0.1, 0.15) is 5.69 Å². The minimum absolute atomic E-state index is 0.0594. The Morgan fingerprint density at radius 2 is 1.76 bits per heavy atom. The molecule has 0 saturated carbocycles. The summed E-state index contributed by atoms with van der Waals surface area (Å²) in [6.45, 7) is 0.882. The average Bonchev–Trinajstić information content (AvgIpc) is 2.64. The highest BCUT2D eigenvalue weighted by Gasteiger charge is 2.24. The first kappa shape index (κ1) is 15.1. The second-order valence-corrected chi connectivity index (χ2v) is 5.81. The van der Waals surface area contributed by atoms with Crippen molar-refractivity contribution in [3.05, 3.63) is 72.4 Å². The summed E-state index contributed by atoms with van der Waals surface area (Å²) in [6.07, 6.45) is 1.64. The third kappa shape index (κ3) is 3.42. The van der Waals surface area contributed by atoms with E-state index in [4.69, 9.17) is 0 Å². The first-order chi connectivity index (χ1) is 12.3. The van der Waals surface area contributed by atoms with Gasteiger partial charge in [-0.2, -0.15) is 4.98 Å². The van der Waals surface area contributed by atoms with E-state index < -0.39 is 0 Å². The number of carbonyl (C=O) groups excluding carboxylic acids is 1. The summed E-state index contributed by atoms with van der Waals surface area (Å²) < 4.78 is 0. The molecule has 2 heterocycles. The lowest BCUT2D eigenvalue weighted by atomic mass is 10.2. The van der Waals surface area contributed by atoms with E-state index in [1.165, 1.54) is 0 Å². The predicted molar refractivity (Wildman–Crippen MR) is 97.9 cm³/mol. The highest BCUT2D eigenvalue weighted by atomic mass is 16.2. The summed E-state index contributed by atoms with van der Waals surface area (Å²) in [4.78, 5) is 22.8. The van der Waals surface area contributed by atoms with Gasteiger partial charge in [0.15, 0.2) is 5.82 Å². The van der Waals surface area contributed by atoms with Gasteiger partial charge in [0.2, 0.25) is 11.9 Å². The van der Waals surface area contributed by atoms with Crippen LogP contribution >= 0.6 is 0 Å². The molecule has 1 aliphatic rings. The van der Waals surface area contributed by atoms with Crippen LogP contribution in [-0.2, 0) is 11.3 Å². The largest absolute Gasteiger partial charge is 0.341 e. The lowest BCUT2D eigenvalue weighted by Crippen LogP contribution is -2.38. The number of nitrogens with one attached hydrogen (secondary N) is 2. The maximum Gasteiger partial charge on any atom is 0.244 e. The van der Waals surface area contributed by atoms with Crippen LogP contribution in [0.4, 0.5) is 23.1 Å². The lowest BCUT2D eigenvalue weighted by Gasteiger charge is -2.29. The van der Waals surface area contributed by atoms with Gasteiger partial charge < -0.3 is 15.5 Å². The molecule has 25 heavy (non-hydrogen) atoms. The van der Waals surface area contributed by atoms with Gasteiger partial charge in [0.25, 0.3) is 0 Å². The molecule has 0 aliphatic carbocycles. The first-order valence-corrected chi connectivity index (χ1v) is 8.06. The van der Waals surface area contributed by atoms with E-state index in [-0.39, 0.29) is 12.5 Å². The van der Waals surface area contributed by atoms with Crippen molar-refractivity contribution in [2.75, 3.05) is 22.1 Å². The Morgan fingerprint density at radius 1 is 1.04 bits per heavy atom. The Kier molecular flexibility index (Phi) is 4.00. The summed E-state index contributed by atoms with van der Waals surface area (Å²) in [5, 5.41) is 6.02. The third-order valence-corrected chi connectivity index (χ3v) is 3.92. The number of nitrogens with zero attached hydrogens (tertiary/aromatic N) is 3. The van der Waals surface area contributed by atoms with Crippen molar-refractivity contribution in [1.29, 1.82) is 0 Å². The van der Waals surface area contributed by atoms with E-state index in [1.807, 2.05) is 65.6 Å². The van der Waals surface area contributed by atoms with E-state index in [1.54, 1.807) is 6.20 Å². The maximum absolute atomic E-state index is 12.0. The Hall–Kier alpha value is -3.41. The van der Waals surface area contributed by atoms with Crippen molar-refractivity contribution in [2.24, 2.45) is 0 Å². The fourth-order valence-electron chi connectivity index (χ4n) is 2.79. The first-order valence-electron chi connectivity index (χ1n) is 8.06. The van der Waals surface area contributed by atoms with Crippen LogP contribution in [0.1, 0.15) is 5.56 Å². The molecule has 0 atom stereocenters. The number of aromatic nitrogens is 2. The monoisotopic (exact) mass is 331 g/mol. The highest BCUT2D eigenvalue weighted by Crippen LogP contribution is 2.29. The van der Waals surface area contributed by atoms with Crippen LogP contribution in [0.5, 0.6) is 0 Å². The molecule has 0 spiro atoms. The van der Waals surface area contributed by atoms with Gasteiger partial charge in [-0.15, -0.1) is 0 Å². The number of rotatable bonds is 4. The minimum Gasteiger partial charge on any atom is -0.341 e. The van der Waals surface area contributed by atoms with Crippen LogP contribution in [0.25, 0.3) is 0 Å². The number of amides is 1. The van der Waals surface area contributed by atoms with Crippen molar-refractivity contribution in [1.82, 2.24) is 9.97 Å². The molecule has 4 rings (SSSR count). The third-order valence-electron chi connectivity index (χ3n) is 3.92. The zero-order chi connectivity index (χ0) is 17.1. The number of anilines is 4. The van der Waals surface area contributed by atoms with Crippen LogP contribution in [0.2, 0.25) is 0 Å². The van der Waals surface area contributed by atoms with Gasteiger partial charge in [0, 0.05) is 12.2 Å². The van der Waals surface area contributed by atoms with Gasteiger partial charge in [-0.25, -0.2) is 4.98 Å². The molecule has 2 N–H and O–H groups in total. The number of hydrogen-bond donors (Lipinski definition) is 2. The quantitative estimate of drug-likeness (QED) is 0.768. The Morgan fingerprint density at radius 3 is 2.52 bits per heavy atom.